The van der Waals surface area contributed by atoms with Gasteiger partial charge in [0.2, 0.25) is 0 Å². The number of aliphatic imine (C=N–C) groups is 2. The van der Waals surface area contributed by atoms with Crippen molar-refractivity contribution < 1.29 is 0 Å². The normalized spacial score (nSPS) is 13.7. The van der Waals surface area contributed by atoms with Crippen molar-refractivity contribution in [3.63, 3.8) is 0 Å². The molecule has 1 aliphatic rings. The molecular formula is C54H36N6S. The van der Waals surface area contributed by atoms with Gasteiger partial charge >= 0.3 is 0 Å². The molecule has 0 fully saturated rings. The van der Waals surface area contributed by atoms with E-state index in [0.29, 0.717) is 17.5 Å². The maximum atomic E-state index is 5.06. The second-order valence-corrected chi connectivity index (χ2v) is 16.0. The van der Waals surface area contributed by atoms with Gasteiger partial charge in [-0.15, -0.1) is 11.3 Å². The number of thiophene rings is 1. The Morgan fingerprint density at radius 1 is 0.361 bits per heavy atom. The van der Waals surface area contributed by atoms with E-state index in [1.165, 1.54) is 25.7 Å². The third-order valence-electron chi connectivity index (χ3n) is 11.0. The third-order valence-corrected chi connectivity index (χ3v) is 12.2. The number of hydrogen-bond acceptors (Lipinski definition) is 7. The van der Waals surface area contributed by atoms with Crippen molar-refractivity contribution in [2.45, 2.75) is 6.17 Å². The molecule has 0 saturated carbocycles. The summed E-state index contributed by atoms with van der Waals surface area (Å²) in [6.07, 6.45) is -0.275. The van der Waals surface area contributed by atoms with Gasteiger partial charge in [0.05, 0.1) is 0 Å². The van der Waals surface area contributed by atoms with Crippen molar-refractivity contribution in [1.82, 2.24) is 20.3 Å². The second-order valence-electron chi connectivity index (χ2n) is 15.0. The summed E-state index contributed by atoms with van der Waals surface area (Å²) in [6.45, 7) is 0. The molecule has 0 spiro atoms. The van der Waals surface area contributed by atoms with Crippen LogP contribution in [0.15, 0.2) is 216 Å². The van der Waals surface area contributed by atoms with E-state index in [1.807, 2.05) is 108 Å². The zero-order chi connectivity index (χ0) is 40.5. The van der Waals surface area contributed by atoms with Crippen LogP contribution in [0, 0.1) is 0 Å². The van der Waals surface area contributed by atoms with Crippen LogP contribution in [0.4, 0.5) is 0 Å². The predicted molar refractivity (Wildman–Crippen MR) is 252 cm³/mol. The molecule has 11 rings (SSSR count). The van der Waals surface area contributed by atoms with Crippen molar-refractivity contribution in [1.29, 1.82) is 0 Å². The summed E-state index contributed by atoms with van der Waals surface area (Å²) in [7, 11) is 0. The molecule has 0 radical (unpaired) electrons. The number of hydrogen-bond donors (Lipinski definition) is 1. The lowest BCUT2D eigenvalue weighted by Crippen LogP contribution is -2.33. The van der Waals surface area contributed by atoms with Gasteiger partial charge in [0.15, 0.2) is 23.3 Å². The molecule has 10 aromatic rings. The Bertz CT molecular complexity index is 3180. The van der Waals surface area contributed by atoms with Gasteiger partial charge in [0.1, 0.15) is 12.0 Å². The summed E-state index contributed by atoms with van der Waals surface area (Å²) in [6, 6.07) is 71.4. The smallest absolute Gasteiger partial charge is 0.164 e. The molecule has 0 saturated heterocycles. The van der Waals surface area contributed by atoms with E-state index >= 15 is 0 Å². The summed E-state index contributed by atoms with van der Waals surface area (Å²) < 4.78 is 2.53. The van der Waals surface area contributed by atoms with Crippen LogP contribution < -0.4 is 5.32 Å². The van der Waals surface area contributed by atoms with Gasteiger partial charge in [-0.05, 0) is 52.1 Å². The van der Waals surface area contributed by atoms with Gasteiger partial charge in [0, 0.05) is 48.0 Å². The molecule has 0 aliphatic carbocycles. The molecule has 3 heterocycles. The molecule has 6 nitrogen and oxygen atoms in total. The minimum atomic E-state index is -0.275. The molecule has 1 unspecified atom stereocenters. The topological polar surface area (TPSA) is 75.4 Å². The summed E-state index contributed by atoms with van der Waals surface area (Å²) in [5, 5.41) is 6.09. The number of benzene rings is 8. The molecule has 0 bridgehead atoms. The molecule has 1 aliphatic heterocycles. The molecule has 1 atom stereocenters. The van der Waals surface area contributed by atoms with Crippen LogP contribution in [0.1, 0.15) is 22.9 Å². The lowest BCUT2D eigenvalue weighted by molar-refractivity contribution is 0.674. The van der Waals surface area contributed by atoms with Crippen LogP contribution in [0.25, 0.3) is 76.6 Å². The Kier molecular flexibility index (Phi) is 9.33. The maximum Gasteiger partial charge on any atom is 0.164 e. The largest absolute Gasteiger partial charge is 0.344 e. The van der Waals surface area contributed by atoms with E-state index in [9.17, 15) is 0 Å². The summed E-state index contributed by atoms with van der Waals surface area (Å²) in [5.74, 6) is 3.48. The van der Waals surface area contributed by atoms with Crippen LogP contribution in [0.3, 0.4) is 0 Å². The molecule has 8 aromatic carbocycles. The SMILES string of the molecule is c1ccc(C2=NC(c3ccc(-c4ccc5sc6ccc(-c7ccc(-c8nc(-c9ccccc9)nc(-c9ccccc9)n8)cc7)cc6c5c4)cc3)NC(c3ccccc3)=N2)cc1. The minimum Gasteiger partial charge on any atom is -0.344 e. The van der Waals surface area contributed by atoms with Crippen molar-refractivity contribution in [2.75, 3.05) is 0 Å². The molecule has 0 amide bonds. The highest BCUT2D eigenvalue weighted by Gasteiger charge is 2.21. The summed E-state index contributed by atoms with van der Waals surface area (Å²) in [5.41, 5.74) is 10.5. The number of amidine groups is 2. The van der Waals surface area contributed by atoms with Crippen molar-refractivity contribution in [3.05, 3.63) is 223 Å². The quantitative estimate of drug-likeness (QED) is 0.166. The lowest BCUT2D eigenvalue weighted by atomic mass is 9.99. The van der Waals surface area contributed by atoms with E-state index in [0.717, 1.165) is 61.7 Å². The Labute approximate surface area is 357 Å². The first-order chi connectivity index (χ1) is 30.2. The van der Waals surface area contributed by atoms with E-state index in [1.54, 1.807) is 0 Å². The predicted octanol–water partition coefficient (Wildman–Crippen LogP) is 13.1. The average molecular weight is 801 g/mol. The second kappa shape index (κ2) is 15.7. The summed E-state index contributed by atoms with van der Waals surface area (Å²) >= 11 is 1.83. The molecule has 1 N–H and O–H groups in total. The number of aromatic nitrogens is 3. The number of fused-ring (bicyclic) bond motifs is 3. The van der Waals surface area contributed by atoms with Crippen molar-refractivity contribution in [2.24, 2.45) is 9.98 Å². The number of nitrogens with zero attached hydrogens (tertiary/aromatic N) is 5. The van der Waals surface area contributed by atoms with E-state index in [2.05, 4.69) is 115 Å². The number of nitrogens with one attached hydrogen (secondary N) is 1. The minimum absolute atomic E-state index is 0.275. The molecule has 288 valence electrons. The highest BCUT2D eigenvalue weighted by atomic mass is 32.1. The van der Waals surface area contributed by atoms with Crippen LogP contribution in [0.2, 0.25) is 0 Å². The first-order valence-corrected chi connectivity index (χ1v) is 21.1. The van der Waals surface area contributed by atoms with Gasteiger partial charge in [-0.25, -0.2) is 24.9 Å². The molecule has 7 heteroatoms. The monoisotopic (exact) mass is 800 g/mol. The Balaban J connectivity index is 0.886. The fourth-order valence-corrected chi connectivity index (χ4v) is 8.89. The molecule has 2 aromatic heterocycles. The highest BCUT2D eigenvalue weighted by Crippen LogP contribution is 2.39. The van der Waals surface area contributed by atoms with E-state index < -0.39 is 0 Å². The lowest BCUT2D eigenvalue weighted by Gasteiger charge is -2.23. The Hall–Kier alpha value is -7.87. The van der Waals surface area contributed by atoms with Gasteiger partial charge in [-0.2, -0.15) is 0 Å². The van der Waals surface area contributed by atoms with Crippen molar-refractivity contribution >= 4 is 43.2 Å². The fourth-order valence-electron chi connectivity index (χ4n) is 7.82. The number of rotatable bonds is 8. The van der Waals surface area contributed by atoms with Crippen LogP contribution >= 0.6 is 11.3 Å². The standard InChI is InChI=1S/C54H36N6S/c1-5-13-37(14-6-1)49-55-50(38-15-7-2-8-16-38)58-53(57-49)41-25-21-35(22-26-41)43-29-31-47-45(33-43)46-34-44(30-32-48(46)61-47)36-23-27-42(28-24-36)54-59-51(39-17-9-3-10-18-39)56-52(60-54)40-19-11-4-12-20-40/h1-34,53H,(H,55,57,58). The highest BCUT2D eigenvalue weighted by molar-refractivity contribution is 7.25. The summed E-state index contributed by atoms with van der Waals surface area (Å²) in [4.78, 5) is 24.7. The van der Waals surface area contributed by atoms with Crippen LogP contribution in [-0.2, 0) is 0 Å². The first kappa shape index (κ1) is 36.2. The zero-order valence-electron chi connectivity index (χ0n) is 32.9. The van der Waals surface area contributed by atoms with Gasteiger partial charge < -0.3 is 5.32 Å². The van der Waals surface area contributed by atoms with Crippen molar-refractivity contribution in [3.8, 4) is 56.4 Å². The Morgan fingerprint density at radius 3 is 1.25 bits per heavy atom. The van der Waals surface area contributed by atoms with Crippen LogP contribution in [0.5, 0.6) is 0 Å². The van der Waals surface area contributed by atoms with Gasteiger partial charge in [-0.3, -0.25) is 0 Å². The zero-order valence-corrected chi connectivity index (χ0v) is 33.7. The average Bonchev–Trinajstić information content (AvgIpc) is 3.72. The Morgan fingerprint density at radius 2 is 0.754 bits per heavy atom. The van der Waals surface area contributed by atoms with E-state index in [-0.39, 0.29) is 6.17 Å². The van der Waals surface area contributed by atoms with Crippen LogP contribution in [-0.4, -0.2) is 26.6 Å². The molecule has 61 heavy (non-hydrogen) atoms. The van der Waals surface area contributed by atoms with Gasteiger partial charge in [-0.1, -0.05) is 182 Å². The van der Waals surface area contributed by atoms with Gasteiger partial charge in [0.25, 0.3) is 0 Å². The first-order valence-electron chi connectivity index (χ1n) is 20.3. The molecular weight excluding hydrogens is 765 g/mol. The fraction of sp³-hybridized carbons (Fsp3) is 0.0185. The van der Waals surface area contributed by atoms with E-state index in [4.69, 9.17) is 24.9 Å². The third kappa shape index (κ3) is 7.28. The maximum absolute atomic E-state index is 5.06.